The average Bonchev–Trinajstić information content (AvgIpc) is 3.20. The Morgan fingerprint density at radius 2 is 1.80 bits per heavy atom. The summed E-state index contributed by atoms with van der Waals surface area (Å²) in [7, 11) is 0. The van der Waals surface area contributed by atoms with Crippen LogP contribution < -0.4 is 0 Å². The van der Waals surface area contributed by atoms with Crippen LogP contribution in [0, 0.1) is 34.0 Å². The molecular formula is C22H21INO. The van der Waals surface area contributed by atoms with Crippen molar-refractivity contribution < 1.29 is 4.74 Å². The average molecular weight is 442 g/mol. The van der Waals surface area contributed by atoms with E-state index in [1.807, 2.05) is 0 Å². The van der Waals surface area contributed by atoms with Crippen LogP contribution >= 0.6 is 22.6 Å². The predicted octanol–water partition coefficient (Wildman–Crippen LogP) is 5.57. The zero-order chi connectivity index (χ0) is 17.6. The van der Waals surface area contributed by atoms with Gasteiger partial charge in [0.15, 0.2) is 5.90 Å². The lowest BCUT2D eigenvalue weighted by Crippen LogP contribution is -2.25. The van der Waals surface area contributed by atoms with Crippen LogP contribution in [0.3, 0.4) is 0 Å². The van der Waals surface area contributed by atoms with Gasteiger partial charge in [-0.1, -0.05) is 85.8 Å². The fraction of sp³-hybridized carbons (Fsp3) is 0.273. The first-order chi connectivity index (χ1) is 11.9. The minimum atomic E-state index is 0.111. The lowest BCUT2D eigenvalue weighted by atomic mass is 9.85. The van der Waals surface area contributed by atoms with Gasteiger partial charge in [0, 0.05) is 5.92 Å². The predicted molar refractivity (Wildman–Crippen MR) is 112 cm³/mol. The lowest BCUT2D eigenvalue weighted by Gasteiger charge is -2.22. The Morgan fingerprint density at radius 3 is 2.56 bits per heavy atom. The van der Waals surface area contributed by atoms with Gasteiger partial charge in [0.2, 0.25) is 0 Å². The van der Waals surface area contributed by atoms with E-state index in [0.717, 1.165) is 11.8 Å². The van der Waals surface area contributed by atoms with Gasteiger partial charge in [0.25, 0.3) is 0 Å². The summed E-state index contributed by atoms with van der Waals surface area (Å²) in [5, 5.41) is 2.52. The molecule has 0 saturated heterocycles. The largest absolute Gasteiger partial charge is 0.478 e. The Balaban J connectivity index is 1.72. The zero-order valence-corrected chi connectivity index (χ0v) is 16.9. The second kappa shape index (κ2) is 6.57. The van der Waals surface area contributed by atoms with Crippen molar-refractivity contribution in [1.82, 2.24) is 0 Å². The minimum absolute atomic E-state index is 0.111. The van der Waals surface area contributed by atoms with Crippen LogP contribution in [0.5, 0.6) is 0 Å². The lowest BCUT2D eigenvalue weighted by molar-refractivity contribution is 0.234. The van der Waals surface area contributed by atoms with Gasteiger partial charge in [0.1, 0.15) is 6.61 Å². The highest BCUT2D eigenvalue weighted by atomic mass is 127. The summed E-state index contributed by atoms with van der Waals surface area (Å²) >= 11 is 2.39. The van der Waals surface area contributed by atoms with Gasteiger partial charge < -0.3 is 4.74 Å². The summed E-state index contributed by atoms with van der Waals surface area (Å²) in [5.41, 5.74) is 1.35. The first-order valence-electron chi connectivity index (χ1n) is 8.59. The van der Waals surface area contributed by atoms with E-state index in [1.54, 1.807) is 0 Å². The van der Waals surface area contributed by atoms with E-state index < -0.39 is 0 Å². The van der Waals surface area contributed by atoms with E-state index in [0.29, 0.717) is 6.61 Å². The molecule has 5 radical (unpaired) electrons. The molecule has 0 spiro atoms. The molecule has 2 aromatic carbocycles. The zero-order valence-electron chi connectivity index (χ0n) is 14.7. The van der Waals surface area contributed by atoms with Crippen LogP contribution in [-0.2, 0) is 4.74 Å². The molecule has 0 N–H and O–H groups in total. The molecule has 1 fully saturated rings. The third-order valence-electron chi connectivity index (χ3n) is 4.85. The molecule has 0 unspecified atom stereocenters. The summed E-state index contributed by atoms with van der Waals surface area (Å²) in [6.45, 7) is 7.31. The van der Waals surface area contributed by atoms with E-state index >= 15 is 0 Å². The number of benzene rings is 2. The Kier molecular flexibility index (Phi) is 4.55. The maximum Gasteiger partial charge on any atom is 0.193 e. The monoisotopic (exact) mass is 442 g/mol. The number of ether oxygens (including phenoxy) is 1. The highest BCUT2D eigenvalue weighted by Gasteiger charge is 2.45. The van der Waals surface area contributed by atoms with Crippen molar-refractivity contribution in [3.63, 3.8) is 0 Å². The summed E-state index contributed by atoms with van der Waals surface area (Å²) in [4.78, 5) is 4.92. The smallest absolute Gasteiger partial charge is 0.193 e. The molecule has 1 atom stereocenters. The summed E-state index contributed by atoms with van der Waals surface area (Å²) in [6, 6.07) is 15.2. The minimum Gasteiger partial charge on any atom is -0.478 e. The number of rotatable bonds is 2. The van der Waals surface area contributed by atoms with Crippen LogP contribution in [0.1, 0.15) is 26.3 Å². The second-order valence-electron chi connectivity index (χ2n) is 7.62. The van der Waals surface area contributed by atoms with E-state index in [9.17, 15) is 0 Å². The summed E-state index contributed by atoms with van der Waals surface area (Å²) < 4.78 is 7.23. The van der Waals surface area contributed by atoms with E-state index in [2.05, 4.69) is 98.7 Å². The summed E-state index contributed by atoms with van der Waals surface area (Å²) in [5.74, 6) is 3.12. The molecule has 1 aliphatic heterocycles. The van der Waals surface area contributed by atoms with Crippen molar-refractivity contribution in [2.24, 2.45) is 10.4 Å². The highest BCUT2D eigenvalue weighted by molar-refractivity contribution is 14.1. The van der Waals surface area contributed by atoms with Crippen molar-refractivity contribution in [2.75, 3.05) is 6.61 Å². The maximum atomic E-state index is 6.04. The highest BCUT2D eigenvalue weighted by Crippen LogP contribution is 2.51. The molecule has 3 heteroatoms. The van der Waals surface area contributed by atoms with Gasteiger partial charge in [0.05, 0.1) is 15.9 Å². The molecule has 25 heavy (non-hydrogen) atoms. The standard InChI is InChI=1S/C22H21INO/c1-22(2,3)19-13-25-21(24-19)20-17(11-12-18(20)23)16-10-6-8-14-7-4-5-9-15(14)16/h4-12,19H,13H2,1-3H3/t19-/m1/s1. The van der Waals surface area contributed by atoms with Gasteiger partial charge in [-0.15, -0.1) is 0 Å². The summed E-state index contributed by atoms with van der Waals surface area (Å²) in [6.07, 6.45) is 4.35. The molecule has 2 aromatic rings. The normalized spacial score (nSPS) is 23.2. The molecule has 1 saturated carbocycles. The molecule has 2 nitrogen and oxygen atoms in total. The first kappa shape index (κ1) is 17.3. The fourth-order valence-electron chi connectivity index (χ4n) is 3.31. The van der Waals surface area contributed by atoms with Crippen LogP contribution in [0.2, 0.25) is 0 Å². The molecular weight excluding hydrogens is 421 g/mol. The van der Waals surface area contributed by atoms with Crippen LogP contribution in [0.25, 0.3) is 10.8 Å². The number of aliphatic imine (C=N–C) groups is 1. The van der Waals surface area contributed by atoms with E-state index in [1.165, 1.54) is 26.2 Å². The van der Waals surface area contributed by atoms with Crippen molar-refractivity contribution in [3.8, 4) is 0 Å². The fourth-order valence-corrected chi connectivity index (χ4v) is 4.01. The van der Waals surface area contributed by atoms with Crippen molar-refractivity contribution in [1.29, 1.82) is 0 Å². The quantitative estimate of drug-likeness (QED) is 0.558. The van der Waals surface area contributed by atoms with Gasteiger partial charge in [-0.2, -0.15) is 0 Å². The number of hydrogen-bond acceptors (Lipinski definition) is 2. The van der Waals surface area contributed by atoms with Crippen molar-refractivity contribution in [3.05, 3.63) is 76.6 Å². The van der Waals surface area contributed by atoms with Gasteiger partial charge in [-0.3, -0.25) is 0 Å². The number of hydrogen-bond donors (Lipinski definition) is 0. The molecule has 0 amide bonds. The van der Waals surface area contributed by atoms with Crippen molar-refractivity contribution in [2.45, 2.75) is 26.8 Å². The molecule has 0 aromatic heterocycles. The van der Waals surface area contributed by atoms with Crippen molar-refractivity contribution >= 4 is 39.3 Å². The molecule has 4 rings (SSSR count). The van der Waals surface area contributed by atoms with Crippen LogP contribution in [-0.4, -0.2) is 18.5 Å². The second-order valence-corrected chi connectivity index (χ2v) is 8.79. The van der Waals surface area contributed by atoms with Gasteiger partial charge in [-0.25, -0.2) is 4.99 Å². The topological polar surface area (TPSA) is 21.6 Å². The van der Waals surface area contributed by atoms with Gasteiger partial charge >= 0.3 is 0 Å². The molecule has 2 aliphatic rings. The number of fused-ring (bicyclic) bond motifs is 1. The SMILES string of the molecule is CC(C)(C)[C@H]1COC([C]2[C](I)[CH][CH][C]2c2cccc3ccccc23)=N1. The Bertz CT molecular complexity index is 802. The van der Waals surface area contributed by atoms with E-state index in [4.69, 9.17) is 9.73 Å². The molecule has 127 valence electrons. The number of halogens is 1. The third-order valence-corrected chi connectivity index (χ3v) is 5.75. The number of nitrogens with zero attached hydrogens (tertiary/aromatic N) is 1. The molecule has 1 aliphatic carbocycles. The Hall–Kier alpha value is -1.10. The first-order valence-corrected chi connectivity index (χ1v) is 9.67. The van der Waals surface area contributed by atoms with Gasteiger partial charge in [-0.05, 0) is 34.6 Å². The third kappa shape index (κ3) is 3.20. The Morgan fingerprint density at radius 1 is 1.04 bits per heavy atom. The van der Waals surface area contributed by atoms with Crippen LogP contribution in [0.15, 0.2) is 47.5 Å². The molecule has 1 heterocycles. The Labute approximate surface area is 164 Å². The maximum absolute atomic E-state index is 6.04. The molecule has 0 bridgehead atoms. The van der Waals surface area contributed by atoms with E-state index in [-0.39, 0.29) is 11.5 Å². The van der Waals surface area contributed by atoms with Crippen LogP contribution in [0.4, 0.5) is 0 Å².